The second-order valence-electron chi connectivity index (χ2n) is 5.99. The van der Waals surface area contributed by atoms with Crippen LogP contribution < -0.4 is 9.72 Å². The molecule has 0 radical (unpaired) electrons. The van der Waals surface area contributed by atoms with Crippen LogP contribution >= 0.6 is 11.3 Å². The summed E-state index contributed by atoms with van der Waals surface area (Å²) in [7, 11) is 0. The van der Waals surface area contributed by atoms with Gasteiger partial charge in [-0.2, -0.15) is 0 Å². The van der Waals surface area contributed by atoms with Crippen LogP contribution in [0.5, 0.6) is 0 Å². The molecule has 0 saturated carbocycles. The second-order valence-corrected chi connectivity index (χ2v) is 6.94. The number of thiophene rings is 1. The number of H-pyrrole nitrogens is 1. The zero-order chi connectivity index (χ0) is 19.0. The summed E-state index contributed by atoms with van der Waals surface area (Å²) < 4.78 is 1.84. The minimum absolute atomic E-state index is 0.0762. The third-order valence-corrected chi connectivity index (χ3v) is 5.15. The van der Waals surface area contributed by atoms with E-state index >= 15 is 0 Å². The SMILES string of the molecule is Cc1ccc(C(=O)Nc2c(-c3cccs3)[nH]c3cccc[n+]23)cc1[N+](=O)[O-]. The first-order valence-corrected chi connectivity index (χ1v) is 9.05. The van der Waals surface area contributed by atoms with Crippen molar-refractivity contribution in [2.24, 2.45) is 0 Å². The number of aromatic nitrogens is 2. The summed E-state index contributed by atoms with van der Waals surface area (Å²) in [6.07, 6.45) is 1.84. The molecule has 0 bridgehead atoms. The van der Waals surface area contributed by atoms with Gasteiger partial charge in [-0.25, -0.2) is 9.72 Å². The van der Waals surface area contributed by atoms with Crippen LogP contribution in [-0.4, -0.2) is 15.8 Å². The Labute approximate surface area is 158 Å². The number of nitrogens with one attached hydrogen (secondary N) is 2. The summed E-state index contributed by atoms with van der Waals surface area (Å²) in [5, 5.41) is 16.0. The minimum atomic E-state index is -0.483. The van der Waals surface area contributed by atoms with Crippen LogP contribution in [0.25, 0.3) is 16.2 Å². The smallest absolute Gasteiger partial charge is 0.266 e. The lowest BCUT2D eigenvalue weighted by Crippen LogP contribution is -2.26. The van der Waals surface area contributed by atoms with Crippen molar-refractivity contribution >= 4 is 34.4 Å². The Kier molecular flexibility index (Phi) is 4.17. The van der Waals surface area contributed by atoms with Crippen LogP contribution in [0.2, 0.25) is 0 Å². The quantitative estimate of drug-likeness (QED) is 0.319. The van der Waals surface area contributed by atoms with Crippen molar-refractivity contribution < 1.29 is 14.1 Å². The standard InChI is InChI=1S/C19H14N4O3S/c1-12-7-8-13(11-14(12)23(25)26)19(24)21-18-17(15-5-4-10-27-15)20-16-6-2-3-9-22(16)18/h2-11H,1H3,(H,21,24)/p+1. The molecule has 3 heterocycles. The van der Waals surface area contributed by atoms with Crippen LogP contribution in [0.15, 0.2) is 60.1 Å². The van der Waals surface area contributed by atoms with Crippen LogP contribution in [-0.2, 0) is 0 Å². The highest BCUT2D eigenvalue weighted by atomic mass is 32.1. The number of nitro benzene ring substituents is 1. The molecular formula is C19H15N4O3S+. The third kappa shape index (κ3) is 3.06. The van der Waals surface area contributed by atoms with E-state index in [9.17, 15) is 14.9 Å². The van der Waals surface area contributed by atoms with Gasteiger partial charge in [0.2, 0.25) is 5.65 Å². The van der Waals surface area contributed by atoms with E-state index in [1.165, 1.54) is 6.07 Å². The van der Waals surface area contributed by atoms with Crippen LogP contribution in [0.3, 0.4) is 0 Å². The molecule has 0 atom stereocenters. The van der Waals surface area contributed by atoms with Crippen LogP contribution in [0, 0.1) is 17.0 Å². The summed E-state index contributed by atoms with van der Waals surface area (Å²) >= 11 is 1.55. The highest BCUT2D eigenvalue weighted by Crippen LogP contribution is 2.29. The van der Waals surface area contributed by atoms with Crippen LogP contribution in [0.1, 0.15) is 15.9 Å². The van der Waals surface area contributed by atoms with Gasteiger partial charge in [-0.1, -0.05) is 18.2 Å². The number of carbonyl (C=O) groups is 1. The van der Waals surface area contributed by atoms with Gasteiger partial charge in [0.1, 0.15) is 0 Å². The van der Waals surface area contributed by atoms with E-state index < -0.39 is 10.8 Å². The van der Waals surface area contributed by atoms with E-state index in [4.69, 9.17) is 0 Å². The Balaban J connectivity index is 1.77. The summed E-state index contributed by atoms with van der Waals surface area (Å²) in [6, 6.07) is 14.0. The summed E-state index contributed by atoms with van der Waals surface area (Å²) in [5.74, 6) is 0.175. The predicted octanol–water partition coefficient (Wildman–Crippen LogP) is 3.95. The lowest BCUT2D eigenvalue weighted by molar-refractivity contribution is -0.493. The minimum Gasteiger partial charge on any atom is -0.266 e. The Morgan fingerprint density at radius 1 is 1.22 bits per heavy atom. The Morgan fingerprint density at radius 3 is 2.81 bits per heavy atom. The molecule has 0 spiro atoms. The maximum atomic E-state index is 12.8. The molecule has 4 aromatic rings. The number of nitro groups is 1. The molecular weight excluding hydrogens is 364 g/mol. The van der Waals surface area contributed by atoms with Crippen LogP contribution in [0.4, 0.5) is 11.5 Å². The van der Waals surface area contributed by atoms with Gasteiger partial charge in [-0.15, -0.1) is 11.3 Å². The van der Waals surface area contributed by atoms with Gasteiger partial charge >= 0.3 is 5.91 Å². The van der Waals surface area contributed by atoms with Gasteiger partial charge in [0.15, 0.2) is 5.69 Å². The largest absolute Gasteiger partial charge is 0.312 e. The number of nitrogens with zero attached hydrogens (tertiary/aromatic N) is 2. The summed E-state index contributed by atoms with van der Waals surface area (Å²) in [5.41, 5.74) is 2.28. The van der Waals surface area contributed by atoms with Gasteiger partial charge in [-0.05, 0) is 30.5 Å². The molecule has 8 heteroatoms. The van der Waals surface area contributed by atoms with Gasteiger partial charge < -0.3 is 0 Å². The number of aromatic amines is 1. The number of hydrogen-bond donors (Lipinski definition) is 2. The lowest BCUT2D eigenvalue weighted by atomic mass is 10.1. The molecule has 0 aliphatic carbocycles. The molecule has 0 fully saturated rings. The average molecular weight is 379 g/mol. The summed E-state index contributed by atoms with van der Waals surface area (Å²) in [4.78, 5) is 27.8. The van der Waals surface area contributed by atoms with Crippen molar-refractivity contribution in [2.45, 2.75) is 6.92 Å². The van der Waals surface area contributed by atoms with Crippen molar-refractivity contribution in [1.82, 2.24) is 4.98 Å². The zero-order valence-corrected chi connectivity index (χ0v) is 15.1. The van der Waals surface area contributed by atoms with Gasteiger partial charge in [-0.3, -0.25) is 19.9 Å². The number of imidazole rings is 1. The molecule has 134 valence electrons. The van der Waals surface area contributed by atoms with E-state index in [1.807, 2.05) is 46.3 Å². The number of anilines is 1. The molecule has 0 aliphatic heterocycles. The second kappa shape index (κ2) is 6.65. The highest BCUT2D eigenvalue weighted by Gasteiger charge is 2.25. The van der Waals surface area contributed by atoms with E-state index in [2.05, 4.69) is 10.3 Å². The number of benzene rings is 1. The maximum absolute atomic E-state index is 12.8. The number of amides is 1. The Bertz CT molecular complexity index is 1170. The number of hydrogen-bond acceptors (Lipinski definition) is 4. The highest BCUT2D eigenvalue weighted by molar-refractivity contribution is 7.13. The number of fused-ring (bicyclic) bond motifs is 1. The first-order chi connectivity index (χ1) is 13.0. The molecule has 0 saturated heterocycles. The molecule has 1 aromatic carbocycles. The monoisotopic (exact) mass is 379 g/mol. The molecule has 0 unspecified atom stereocenters. The van der Waals surface area contributed by atoms with Crippen molar-refractivity contribution in [1.29, 1.82) is 0 Å². The van der Waals surface area contributed by atoms with E-state index in [1.54, 1.807) is 30.4 Å². The lowest BCUT2D eigenvalue weighted by Gasteiger charge is -2.03. The molecule has 3 aromatic heterocycles. The van der Waals surface area contributed by atoms with E-state index in [0.717, 1.165) is 16.2 Å². The van der Waals surface area contributed by atoms with Gasteiger partial charge in [0, 0.05) is 17.7 Å². The van der Waals surface area contributed by atoms with Crippen molar-refractivity contribution in [2.75, 3.05) is 5.32 Å². The number of pyridine rings is 1. The number of aryl methyl sites for hydroxylation is 1. The number of carbonyl (C=O) groups excluding carboxylic acids is 1. The Morgan fingerprint density at radius 2 is 2.07 bits per heavy atom. The molecule has 4 rings (SSSR count). The number of rotatable bonds is 4. The molecule has 27 heavy (non-hydrogen) atoms. The molecule has 1 amide bonds. The zero-order valence-electron chi connectivity index (χ0n) is 14.3. The normalized spacial score (nSPS) is 10.9. The van der Waals surface area contributed by atoms with Crippen molar-refractivity contribution in [3.63, 3.8) is 0 Å². The first-order valence-electron chi connectivity index (χ1n) is 8.17. The fourth-order valence-corrected chi connectivity index (χ4v) is 3.62. The average Bonchev–Trinajstić information content (AvgIpc) is 3.30. The fraction of sp³-hybridized carbons (Fsp3) is 0.0526. The van der Waals surface area contributed by atoms with E-state index in [-0.39, 0.29) is 11.3 Å². The first kappa shape index (κ1) is 16.9. The summed E-state index contributed by atoms with van der Waals surface area (Å²) in [6.45, 7) is 1.64. The molecule has 2 N–H and O–H groups in total. The topological polar surface area (TPSA) is 92.1 Å². The third-order valence-electron chi connectivity index (χ3n) is 4.26. The van der Waals surface area contributed by atoms with Gasteiger partial charge in [0.25, 0.3) is 11.5 Å². The molecule has 7 nitrogen and oxygen atoms in total. The Hall–Kier alpha value is -3.52. The van der Waals surface area contributed by atoms with Gasteiger partial charge in [0.05, 0.1) is 21.6 Å². The molecule has 0 aliphatic rings. The van der Waals surface area contributed by atoms with Crippen molar-refractivity contribution in [3.05, 3.63) is 81.3 Å². The maximum Gasteiger partial charge on any atom is 0.312 e. The van der Waals surface area contributed by atoms with Crippen molar-refractivity contribution in [3.8, 4) is 10.6 Å². The van der Waals surface area contributed by atoms with E-state index in [0.29, 0.717) is 11.4 Å². The predicted molar refractivity (Wildman–Crippen MR) is 103 cm³/mol. The fourth-order valence-electron chi connectivity index (χ4n) is 2.90.